The third kappa shape index (κ3) is 2.26. The Morgan fingerprint density at radius 1 is 1.60 bits per heavy atom. The van der Waals surface area contributed by atoms with Crippen molar-refractivity contribution in [2.45, 2.75) is 20.3 Å². The first-order valence-corrected chi connectivity index (χ1v) is 4.98. The van der Waals surface area contributed by atoms with Crippen molar-refractivity contribution >= 4 is 11.5 Å². The third-order valence-electron chi connectivity index (χ3n) is 2.23. The Morgan fingerprint density at radius 2 is 2.27 bits per heavy atom. The van der Waals surface area contributed by atoms with Crippen molar-refractivity contribution in [2.75, 3.05) is 6.61 Å². The number of nitrogens with zero attached hydrogens (tertiary/aromatic N) is 2. The van der Waals surface area contributed by atoms with Gasteiger partial charge in [0.1, 0.15) is 5.82 Å². The van der Waals surface area contributed by atoms with E-state index in [9.17, 15) is 4.79 Å². The van der Waals surface area contributed by atoms with E-state index in [0.717, 1.165) is 12.2 Å². The number of hydrogen-bond donors (Lipinski definition) is 0. The fraction of sp³-hybridized carbons (Fsp3) is 0.455. The summed E-state index contributed by atoms with van der Waals surface area (Å²) >= 11 is 0. The van der Waals surface area contributed by atoms with Crippen LogP contribution in [0.2, 0.25) is 0 Å². The average Bonchev–Trinajstić information content (AvgIpc) is 2.59. The largest absolute Gasteiger partial charge is 0.462 e. The van der Waals surface area contributed by atoms with Crippen molar-refractivity contribution in [3.8, 4) is 0 Å². The van der Waals surface area contributed by atoms with Crippen LogP contribution in [0.25, 0.3) is 5.57 Å². The van der Waals surface area contributed by atoms with Gasteiger partial charge in [0.05, 0.1) is 24.1 Å². The molecule has 4 heteroatoms. The molecule has 0 aromatic carbocycles. The summed E-state index contributed by atoms with van der Waals surface area (Å²) in [6.07, 6.45) is 2.48. The van der Waals surface area contributed by atoms with Gasteiger partial charge in [-0.2, -0.15) is 0 Å². The molecule has 0 unspecified atom stereocenters. The zero-order valence-corrected chi connectivity index (χ0v) is 9.41. The standard InChI is InChI=1S/C11H16N2O2/c1-5-10-12-7-9(13(10)4)8(3)11(14)15-6-2/h7H,3,5-6H2,1-2,4H3. The van der Waals surface area contributed by atoms with E-state index in [2.05, 4.69) is 11.6 Å². The lowest BCUT2D eigenvalue weighted by atomic mass is 10.2. The first kappa shape index (κ1) is 11.5. The molecule has 1 aromatic rings. The molecule has 1 aromatic heterocycles. The van der Waals surface area contributed by atoms with E-state index >= 15 is 0 Å². The molecule has 0 N–H and O–H groups in total. The minimum Gasteiger partial charge on any atom is -0.462 e. The molecule has 0 saturated heterocycles. The normalized spacial score (nSPS) is 10.1. The second-order valence-electron chi connectivity index (χ2n) is 3.17. The summed E-state index contributed by atoms with van der Waals surface area (Å²) in [7, 11) is 1.87. The molecule has 0 aliphatic carbocycles. The molecule has 0 aliphatic rings. The van der Waals surface area contributed by atoms with Crippen LogP contribution in [0.1, 0.15) is 25.4 Å². The van der Waals surface area contributed by atoms with Gasteiger partial charge in [0, 0.05) is 13.5 Å². The molecule has 15 heavy (non-hydrogen) atoms. The van der Waals surface area contributed by atoms with E-state index in [1.807, 2.05) is 18.5 Å². The van der Waals surface area contributed by atoms with E-state index < -0.39 is 0 Å². The van der Waals surface area contributed by atoms with Gasteiger partial charge in [-0.3, -0.25) is 0 Å². The van der Waals surface area contributed by atoms with Crippen molar-refractivity contribution in [1.29, 1.82) is 0 Å². The van der Waals surface area contributed by atoms with Crippen molar-refractivity contribution in [3.05, 3.63) is 24.3 Å². The average molecular weight is 208 g/mol. The Bertz CT molecular complexity index is 380. The highest BCUT2D eigenvalue weighted by Gasteiger charge is 2.15. The summed E-state index contributed by atoms with van der Waals surface area (Å²) < 4.78 is 6.74. The van der Waals surface area contributed by atoms with Crippen LogP contribution in [0, 0.1) is 0 Å². The van der Waals surface area contributed by atoms with Gasteiger partial charge in [-0.25, -0.2) is 9.78 Å². The van der Waals surface area contributed by atoms with Gasteiger partial charge >= 0.3 is 5.97 Å². The second kappa shape index (κ2) is 4.77. The lowest BCUT2D eigenvalue weighted by molar-refractivity contribution is -0.136. The van der Waals surface area contributed by atoms with Gasteiger partial charge in [0.2, 0.25) is 0 Å². The molecule has 82 valence electrons. The third-order valence-corrected chi connectivity index (χ3v) is 2.23. The highest BCUT2D eigenvalue weighted by molar-refractivity contribution is 6.14. The van der Waals surface area contributed by atoms with E-state index in [1.165, 1.54) is 0 Å². The molecule has 0 aliphatic heterocycles. The van der Waals surface area contributed by atoms with E-state index in [0.29, 0.717) is 17.9 Å². The first-order valence-electron chi connectivity index (χ1n) is 4.98. The summed E-state index contributed by atoms with van der Waals surface area (Å²) in [5, 5.41) is 0. The topological polar surface area (TPSA) is 44.1 Å². The van der Waals surface area contributed by atoms with Crippen LogP contribution in [0.3, 0.4) is 0 Å². The molecular formula is C11H16N2O2. The summed E-state index contributed by atoms with van der Waals surface area (Å²) in [5.74, 6) is 0.540. The molecule has 0 atom stereocenters. The zero-order valence-electron chi connectivity index (χ0n) is 9.41. The van der Waals surface area contributed by atoms with Gasteiger partial charge < -0.3 is 9.30 Å². The highest BCUT2D eigenvalue weighted by atomic mass is 16.5. The van der Waals surface area contributed by atoms with Gasteiger partial charge in [-0.05, 0) is 6.92 Å². The Labute approximate surface area is 89.6 Å². The SMILES string of the molecule is C=C(C(=O)OCC)c1cnc(CC)n1C. The number of aromatic nitrogens is 2. The summed E-state index contributed by atoms with van der Waals surface area (Å²) in [4.78, 5) is 15.6. The van der Waals surface area contributed by atoms with E-state index in [4.69, 9.17) is 4.74 Å². The number of rotatable bonds is 4. The van der Waals surface area contributed by atoms with Crippen LogP contribution in [0.5, 0.6) is 0 Å². The Kier molecular flexibility index (Phi) is 3.66. The highest BCUT2D eigenvalue weighted by Crippen LogP contribution is 2.15. The van der Waals surface area contributed by atoms with Gasteiger partial charge in [-0.1, -0.05) is 13.5 Å². The van der Waals surface area contributed by atoms with Gasteiger partial charge in [-0.15, -0.1) is 0 Å². The number of imidazole rings is 1. The maximum Gasteiger partial charge on any atom is 0.339 e. The Balaban J connectivity index is 2.91. The maximum absolute atomic E-state index is 11.4. The second-order valence-corrected chi connectivity index (χ2v) is 3.17. The summed E-state index contributed by atoms with van der Waals surface area (Å²) in [6, 6.07) is 0. The van der Waals surface area contributed by atoms with Crippen LogP contribution in [-0.2, 0) is 23.0 Å². The summed E-state index contributed by atoms with van der Waals surface area (Å²) in [5.41, 5.74) is 1.07. The maximum atomic E-state index is 11.4. The monoisotopic (exact) mass is 208 g/mol. The van der Waals surface area contributed by atoms with Crippen molar-refractivity contribution in [1.82, 2.24) is 9.55 Å². The molecule has 4 nitrogen and oxygen atoms in total. The number of hydrogen-bond acceptors (Lipinski definition) is 3. The van der Waals surface area contributed by atoms with Crippen molar-refractivity contribution in [3.63, 3.8) is 0 Å². The quantitative estimate of drug-likeness (QED) is 0.557. The molecule has 1 rings (SSSR count). The van der Waals surface area contributed by atoms with E-state index in [1.54, 1.807) is 13.1 Å². The van der Waals surface area contributed by atoms with Gasteiger partial charge in [0.25, 0.3) is 0 Å². The Morgan fingerprint density at radius 3 is 2.73 bits per heavy atom. The Hall–Kier alpha value is -1.58. The van der Waals surface area contributed by atoms with Crippen LogP contribution in [-0.4, -0.2) is 22.1 Å². The lowest BCUT2D eigenvalue weighted by Crippen LogP contribution is -2.09. The van der Waals surface area contributed by atoms with Gasteiger partial charge in [0.15, 0.2) is 0 Å². The van der Waals surface area contributed by atoms with Crippen molar-refractivity contribution in [2.24, 2.45) is 7.05 Å². The fourth-order valence-corrected chi connectivity index (χ4v) is 1.38. The number of carbonyl (C=O) groups excluding carboxylic acids is 1. The molecule has 1 heterocycles. The number of carbonyl (C=O) groups is 1. The minimum atomic E-state index is -0.386. The smallest absolute Gasteiger partial charge is 0.339 e. The van der Waals surface area contributed by atoms with Crippen LogP contribution < -0.4 is 0 Å². The first-order chi connectivity index (χ1) is 7.11. The predicted octanol–water partition coefficient (Wildman–Crippen LogP) is 1.56. The lowest BCUT2D eigenvalue weighted by Gasteiger charge is -2.06. The zero-order chi connectivity index (χ0) is 11.4. The predicted molar refractivity (Wildman–Crippen MR) is 58.3 cm³/mol. The molecule has 0 saturated carbocycles. The molecule has 0 fully saturated rings. The molecule has 0 bridgehead atoms. The molecule has 0 spiro atoms. The molecule has 0 amide bonds. The fourth-order valence-electron chi connectivity index (χ4n) is 1.38. The number of ether oxygens (including phenoxy) is 1. The summed E-state index contributed by atoms with van der Waals surface area (Å²) in [6.45, 7) is 7.86. The molecular weight excluding hydrogens is 192 g/mol. The van der Waals surface area contributed by atoms with Crippen LogP contribution >= 0.6 is 0 Å². The van der Waals surface area contributed by atoms with Crippen molar-refractivity contribution < 1.29 is 9.53 Å². The number of esters is 1. The van der Waals surface area contributed by atoms with Crippen LogP contribution in [0.4, 0.5) is 0 Å². The molecule has 0 radical (unpaired) electrons. The minimum absolute atomic E-state index is 0.353. The number of aryl methyl sites for hydroxylation is 1. The van der Waals surface area contributed by atoms with Crippen LogP contribution in [0.15, 0.2) is 12.8 Å². The van der Waals surface area contributed by atoms with E-state index in [-0.39, 0.29) is 5.97 Å².